The van der Waals surface area contributed by atoms with Crippen molar-refractivity contribution in [2.24, 2.45) is 29.6 Å². The summed E-state index contributed by atoms with van der Waals surface area (Å²) < 4.78 is 5.24. The van der Waals surface area contributed by atoms with Crippen LogP contribution in [0.1, 0.15) is 22.8 Å². The number of rotatable bonds is 3. The van der Waals surface area contributed by atoms with Gasteiger partial charge in [0.15, 0.2) is 0 Å². The van der Waals surface area contributed by atoms with Gasteiger partial charge in [-0.1, -0.05) is 46.7 Å². The number of halogens is 2. The Morgan fingerprint density at radius 3 is 2.44 bits per heavy atom. The number of benzene rings is 2. The molecule has 1 aromatic heterocycles. The van der Waals surface area contributed by atoms with E-state index in [1.165, 1.54) is 16.2 Å². The first kappa shape index (κ1) is 22.9. The van der Waals surface area contributed by atoms with Gasteiger partial charge in [0.1, 0.15) is 5.75 Å². The maximum absolute atomic E-state index is 13.8. The van der Waals surface area contributed by atoms with Crippen LogP contribution in [-0.4, -0.2) is 29.2 Å². The number of carbonyl (C=O) groups excluding carboxylic acids is 2. The van der Waals surface area contributed by atoms with Crippen LogP contribution >= 0.6 is 46.3 Å². The maximum Gasteiger partial charge on any atom is 0.305 e. The third kappa shape index (κ3) is 3.01. The number of methoxy groups -OCH3 is 1. The van der Waals surface area contributed by atoms with Crippen molar-refractivity contribution in [3.63, 3.8) is 0 Å². The Bertz CT molecular complexity index is 1490. The lowest BCUT2D eigenvalue weighted by atomic mass is 9.68. The molecule has 2 saturated carbocycles. The molecule has 10 heteroatoms. The minimum Gasteiger partial charge on any atom is -0.497 e. The van der Waals surface area contributed by atoms with Gasteiger partial charge in [0.2, 0.25) is 11.8 Å². The molecular formula is C26H20Cl2N2O4S2. The molecular weight excluding hydrogens is 539 g/mol. The summed E-state index contributed by atoms with van der Waals surface area (Å²) in [5, 5.41) is 1.89. The van der Waals surface area contributed by atoms with Gasteiger partial charge in [0.05, 0.1) is 39.7 Å². The number of nitrogens with zero attached hydrogens (tertiary/aromatic N) is 1. The van der Waals surface area contributed by atoms with E-state index in [0.29, 0.717) is 21.5 Å². The monoisotopic (exact) mass is 558 g/mol. The highest BCUT2D eigenvalue weighted by Crippen LogP contribution is 2.69. The number of thioether (sulfide) groups is 1. The number of hydrogen-bond donors (Lipinski definition) is 1. The smallest absolute Gasteiger partial charge is 0.305 e. The first-order chi connectivity index (χ1) is 17.4. The van der Waals surface area contributed by atoms with Gasteiger partial charge in [-0.3, -0.25) is 19.3 Å². The minimum absolute atomic E-state index is 0.0163. The van der Waals surface area contributed by atoms with Gasteiger partial charge in [-0.15, -0.1) is 11.8 Å². The zero-order chi connectivity index (χ0) is 24.9. The molecule has 3 aromatic rings. The molecule has 36 heavy (non-hydrogen) atoms. The molecule has 7 atom stereocenters. The standard InChI is InChI=1S/C26H20Cl2N2O4S2/c1-34-11-7-5-10(6-8-11)30-24(31)18-13-9-14(19(18)25(30)32)21-17(13)16(12-3-2-4-15(27)20(12)28)22-23(35-21)29-26(33)36-22/h2-8,13-14,16-19,21H,9H2,1H3,(H,29,33)/t13-,14-,16+,17+,18+,19+,21-/m1/s1. The van der Waals surface area contributed by atoms with Gasteiger partial charge < -0.3 is 9.72 Å². The topological polar surface area (TPSA) is 79.5 Å². The number of carbonyl (C=O) groups is 2. The van der Waals surface area contributed by atoms with Crippen molar-refractivity contribution in [3.05, 3.63) is 72.6 Å². The number of imide groups is 1. The van der Waals surface area contributed by atoms with Gasteiger partial charge in [0, 0.05) is 16.0 Å². The highest BCUT2D eigenvalue weighted by Gasteiger charge is 2.69. The van der Waals surface area contributed by atoms with Crippen molar-refractivity contribution < 1.29 is 14.3 Å². The Balaban J connectivity index is 1.32. The second-order valence-corrected chi connectivity index (χ2v) is 12.8. The van der Waals surface area contributed by atoms with E-state index >= 15 is 0 Å². The van der Waals surface area contributed by atoms with Crippen LogP contribution in [0, 0.1) is 29.6 Å². The van der Waals surface area contributed by atoms with Gasteiger partial charge in [-0.05, 0) is 60.1 Å². The fourth-order valence-electron chi connectivity index (χ4n) is 7.11. The van der Waals surface area contributed by atoms with Gasteiger partial charge in [-0.25, -0.2) is 0 Å². The van der Waals surface area contributed by atoms with Crippen LogP contribution in [0.15, 0.2) is 52.3 Å². The van der Waals surface area contributed by atoms with Crippen molar-refractivity contribution >= 4 is 63.8 Å². The molecule has 1 N–H and O–H groups in total. The van der Waals surface area contributed by atoms with E-state index in [4.69, 9.17) is 27.9 Å². The normalized spacial score (nSPS) is 32.0. The fraction of sp³-hybridized carbons (Fsp3) is 0.346. The summed E-state index contributed by atoms with van der Waals surface area (Å²) in [5.41, 5.74) is 1.46. The average Bonchev–Trinajstić information content (AvgIpc) is 3.60. The van der Waals surface area contributed by atoms with Crippen molar-refractivity contribution in [2.45, 2.75) is 22.6 Å². The average molecular weight is 559 g/mol. The highest BCUT2D eigenvalue weighted by molar-refractivity contribution is 8.00. The number of aromatic nitrogens is 1. The van der Waals surface area contributed by atoms with Crippen LogP contribution in [-0.2, 0) is 9.59 Å². The van der Waals surface area contributed by atoms with E-state index in [-0.39, 0.29) is 57.4 Å². The second kappa shape index (κ2) is 8.12. The molecule has 2 bridgehead atoms. The quantitative estimate of drug-likeness (QED) is 0.433. The number of aromatic amines is 1. The summed E-state index contributed by atoms with van der Waals surface area (Å²) in [6.45, 7) is 0. The molecule has 184 valence electrons. The van der Waals surface area contributed by atoms with Crippen molar-refractivity contribution in [1.82, 2.24) is 4.98 Å². The molecule has 0 unspecified atom stereocenters. The summed E-state index contributed by atoms with van der Waals surface area (Å²) in [7, 11) is 1.58. The molecule has 0 radical (unpaired) electrons. The Hall–Kier alpha value is -2.26. The van der Waals surface area contributed by atoms with Crippen molar-refractivity contribution in [1.29, 1.82) is 0 Å². The van der Waals surface area contributed by atoms with E-state index in [2.05, 4.69) is 4.98 Å². The molecule has 2 aromatic carbocycles. The summed E-state index contributed by atoms with van der Waals surface area (Å²) >= 11 is 16.0. The van der Waals surface area contributed by atoms with E-state index in [1.54, 1.807) is 49.2 Å². The summed E-state index contributed by atoms with van der Waals surface area (Å²) in [6.07, 6.45) is 0.819. The lowest BCUT2D eigenvalue weighted by Gasteiger charge is -2.43. The van der Waals surface area contributed by atoms with E-state index < -0.39 is 0 Å². The summed E-state index contributed by atoms with van der Waals surface area (Å²) in [6, 6.07) is 12.6. The number of nitrogens with one attached hydrogen (secondary N) is 1. The number of H-pyrrole nitrogens is 1. The van der Waals surface area contributed by atoms with Crippen molar-refractivity contribution in [2.75, 3.05) is 12.0 Å². The Kier molecular flexibility index (Phi) is 5.16. The summed E-state index contributed by atoms with van der Waals surface area (Å²) in [4.78, 5) is 45.1. The summed E-state index contributed by atoms with van der Waals surface area (Å²) in [5.74, 6) is -0.320. The lowest BCUT2D eigenvalue weighted by Crippen LogP contribution is -2.42. The molecule has 0 spiro atoms. The Labute approximate surface area is 224 Å². The predicted molar refractivity (Wildman–Crippen MR) is 140 cm³/mol. The lowest BCUT2D eigenvalue weighted by molar-refractivity contribution is -0.123. The van der Waals surface area contributed by atoms with E-state index in [1.807, 2.05) is 12.1 Å². The number of amides is 2. The maximum atomic E-state index is 13.8. The molecule has 4 aliphatic rings. The van der Waals surface area contributed by atoms with Gasteiger partial charge in [0.25, 0.3) is 0 Å². The van der Waals surface area contributed by atoms with Crippen LogP contribution in [0.3, 0.4) is 0 Å². The molecule has 2 amide bonds. The van der Waals surface area contributed by atoms with Crippen LogP contribution in [0.2, 0.25) is 10.0 Å². The molecule has 7 rings (SSSR count). The second-order valence-electron chi connectivity index (χ2n) is 9.81. The minimum atomic E-state index is -0.371. The van der Waals surface area contributed by atoms with Crippen LogP contribution in [0.5, 0.6) is 5.75 Å². The fourth-order valence-corrected chi connectivity index (χ4v) is 10.4. The van der Waals surface area contributed by atoms with Crippen LogP contribution < -0.4 is 14.5 Å². The number of hydrogen-bond acceptors (Lipinski definition) is 6. The highest BCUT2D eigenvalue weighted by atomic mass is 35.5. The number of thiazole rings is 1. The number of anilines is 1. The molecule has 6 nitrogen and oxygen atoms in total. The molecule has 3 fully saturated rings. The SMILES string of the molecule is COc1ccc(N2C(=O)[C@H]3[C@H]4C[C@@H]([C@@H]3C2=O)[C@H]2[C@H](c3cccc(Cl)c3Cl)c3sc(=O)[nH]c3S[C@H]42)cc1. The van der Waals surface area contributed by atoms with Crippen molar-refractivity contribution in [3.8, 4) is 5.75 Å². The third-order valence-corrected chi connectivity index (χ3v) is 11.8. The molecule has 2 aliphatic heterocycles. The third-order valence-electron chi connectivity index (χ3n) is 8.37. The first-order valence-corrected chi connectivity index (χ1v) is 14.2. The molecule has 2 aliphatic carbocycles. The number of fused-ring (bicyclic) bond motifs is 9. The van der Waals surface area contributed by atoms with E-state index in [9.17, 15) is 14.4 Å². The molecule has 3 heterocycles. The first-order valence-electron chi connectivity index (χ1n) is 11.7. The zero-order valence-corrected chi connectivity index (χ0v) is 22.1. The predicted octanol–water partition coefficient (Wildman–Crippen LogP) is 5.43. The van der Waals surface area contributed by atoms with Crippen LogP contribution in [0.25, 0.3) is 0 Å². The Morgan fingerprint density at radius 1 is 1.00 bits per heavy atom. The molecule has 1 saturated heterocycles. The Morgan fingerprint density at radius 2 is 1.72 bits per heavy atom. The van der Waals surface area contributed by atoms with Gasteiger partial charge >= 0.3 is 4.87 Å². The largest absolute Gasteiger partial charge is 0.497 e. The van der Waals surface area contributed by atoms with Crippen LogP contribution in [0.4, 0.5) is 5.69 Å². The number of ether oxygens (including phenoxy) is 1. The van der Waals surface area contributed by atoms with Gasteiger partial charge in [-0.2, -0.15) is 0 Å². The zero-order valence-electron chi connectivity index (χ0n) is 18.9. The van der Waals surface area contributed by atoms with E-state index in [0.717, 1.165) is 21.9 Å².